The van der Waals surface area contributed by atoms with Crippen molar-refractivity contribution in [3.05, 3.63) is 71.3 Å². The minimum atomic E-state index is -0.260. The molecule has 1 aliphatic rings. The SMILES string of the molecule is CCCn1cc(/C=C2\SC(=O)N(CCOc3ccccc3)C2=O)c2ccccc21. The minimum Gasteiger partial charge on any atom is -0.492 e. The third kappa shape index (κ3) is 4.07. The van der Waals surface area contributed by atoms with Crippen LogP contribution in [0.3, 0.4) is 0 Å². The van der Waals surface area contributed by atoms with Crippen molar-refractivity contribution in [3.63, 3.8) is 0 Å². The highest BCUT2D eigenvalue weighted by Crippen LogP contribution is 2.34. The molecular formula is C23H22N2O3S. The Labute approximate surface area is 173 Å². The minimum absolute atomic E-state index is 0.231. The standard InChI is InChI=1S/C23H22N2O3S/c1-2-12-24-16-17(19-10-6-7-11-20(19)24)15-21-22(26)25(23(27)29-21)13-14-28-18-8-4-3-5-9-18/h3-11,15-16H,2,12-14H2,1H3/b21-15-. The van der Waals surface area contributed by atoms with Gasteiger partial charge in [0.05, 0.1) is 11.4 Å². The molecule has 1 fully saturated rings. The summed E-state index contributed by atoms with van der Waals surface area (Å²) in [4.78, 5) is 26.9. The number of rotatable bonds is 7. The fourth-order valence-corrected chi connectivity index (χ4v) is 4.28. The summed E-state index contributed by atoms with van der Waals surface area (Å²) in [6.45, 7) is 3.55. The lowest BCUT2D eigenvalue weighted by Gasteiger charge is -2.13. The summed E-state index contributed by atoms with van der Waals surface area (Å²) in [5.74, 6) is 0.461. The van der Waals surface area contributed by atoms with Crippen molar-refractivity contribution in [2.75, 3.05) is 13.2 Å². The lowest BCUT2D eigenvalue weighted by molar-refractivity contribution is -0.123. The molecule has 0 saturated carbocycles. The summed E-state index contributed by atoms with van der Waals surface area (Å²) < 4.78 is 7.82. The predicted molar refractivity (Wildman–Crippen MR) is 117 cm³/mol. The highest BCUT2D eigenvalue weighted by molar-refractivity contribution is 8.18. The quantitative estimate of drug-likeness (QED) is 0.508. The molecule has 1 saturated heterocycles. The van der Waals surface area contributed by atoms with E-state index < -0.39 is 0 Å². The Morgan fingerprint density at radius 1 is 1.00 bits per heavy atom. The van der Waals surface area contributed by atoms with Gasteiger partial charge in [-0.25, -0.2) is 0 Å². The lowest BCUT2D eigenvalue weighted by Crippen LogP contribution is -2.32. The molecule has 6 heteroatoms. The fraction of sp³-hybridized carbons (Fsp3) is 0.217. The van der Waals surface area contributed by atoms with Crippen LogP contribution in [0, 0.1) is 0 Å². The number of hydrogen-bond acceptors (Lipinski definition) is 4. The number of thioether (sulfide) groups is 1. The summed E-state index contributed by atoms with van der Waals surface area (Å²) >= 11 is 0.988. The number of benzene rings is 2. The number of para-hydroxylation sites is 2. The van der Waals surface area contributed by atoms with Crippen LogP contribution in [0.2, 0.25) is 0 Å². The van der Waals surface area contributed by atoms with Crippen LogP contribution in [0.4, 0.5) is 4.79 Å². The first-order valence-corrected chi connectivity index (χ1v) is 10.5. The molecule has 2 heterocycles. The molecule has 29 heavy (non-hydrogen) atoms. The molecule has 148 valence electrons. The van der Waals surface area contributed by atoms with E-state index in [9.17, 15) is 9.59 Å². The summed E-state index contributed by atoms with van der Waals surface area (Å²) in [6, 6.07) is 17.5. The van der Waals surface area contributed by atoms with Crippen LogP contribution in [0.15, 0.2) is 65.7 Å². The smallest absolute Gasteiger partial charge is 0.293 e. The second-order valence-electron chi connectivity index (χ2n) is 6.79. The molecule has 0 spiro atoms. The van der Waals surface area contributed by atoms with Gasteiger partial charge in [-0.1, -0.05) is 43.3 Å². The lowest BCUT2D eigenvalue weighted by atomic mass is 10.1. The maximum Gasteiger partial charge on any atom is 0.293 e. The molecule has 2 aromatic carbocycles. The zero-order valence-electron chi connectivity index (χ0n) is 16.2. The number of amides is 2. The Bertz CT molecular complexity index is 1070. The highest BCUT2D eigenvalue weighted by Gasteiger charge is 2.35. The average molecular weight is 407 g/mol. The molecule has 3 aromatic rings. The van der Waals surface area contributed by atoms with Gasteiger partial charge in [0.2, 0.25) is 0 Å². The Kier molecular flexibility index (Phi) is 5.71. The normalized spacial score (nSPS) is 15.6. The van der Waals surface area contributed by atoms with Gasteiger partial charge >= 0.3 is 0 Å². The van der Waals surface area contributed by atoms with Crippen molar-refractivity contribution in [1.29, 1.82) is 0 Å². The molecule has 0 unspecified atom stereocenters. The summed E-state index contributed by atoms with van der Waals surface area (Å²) in [7, 11) is 0. The van der Waals surface area contributed by atoms with E-state index in [1.165, 1.54) is 4.90 Å². The van der Waals surface area contributed by atoms with E-state index in [1.54, 1.807) is 0 Å². The van der Waals surface area contributed by atoms with Gasteiger partial charge in [-0.15, -0.1) is 0 Å². The van der Waals surface area contributed by atoms with E-state index in [-0.39, 0.29) is 24.3 Å². The van der Waals surface area contributed by atoms with Crippen LogP contribution in [0.1, 0.15) is 18.9 Å². The van der Waals surface area contributed by atoms with E-state index in [0.29, 0.717) is 4.91 Å². The van der Waals surface area contributed by atoms with Gasteiger partial charge in [-0.2, -0.15) is 0 Å². The van der Waals surface area contributed by atoms with Gasteiger partial charge in [0, 0.05) is 29.2 Å². The number of nitrogens with zero attached hydrogens (tertiary/aromatic N) is 2. The number of imide groups is 1. The maximum absolute atomic E-state index is 12.8. The summed E-state index contributed by atoms with van der Waals surface area (Å²) in [5, 5.41) is 0.829. The topological polar surface area (TPSA) is 51.5 Å². The molecule has 1 aliphatic heterocycles. The van der Waals surface area contributed by atoms with Crippen LogP contribution in [0.5, 0.6) is 5.75 Å². The predicted octanol–water partition coefficient (Wildman–Crippen LogP) is 5.17. The number of hydrogen-bond donors (Lipinski definition) is 0. The van der Waals surface area contributed by atoms with Crippen molar-refractivity contribution in [3.8, 4) is 5.75 Å². The third-order valence-electron chi connectivity index (χ3n) is 4.77. The summed E-state index contributed by atoms with van der Waals surface area (Å²) in [6.07, 6.45) is 4.91. The molecule has 4 rings (SSSR count). The molecule has 1 aromatic heterocycles. The molecule has 2 amide bonds. The van der Waals surface area contributed by atoms with Crippen LogP contribution in [-0.2, 0) is 11.3 Å². The monoisotopic (exact) mass is 406 g/mol. The first-order valence-electron chi connectivity index (χ1n) is 9.68. The number of aryl methyl sites for hydroxylation is 1. The van der Waals surface area contributed by atoms with Gasteiger partial charge in [0.25, 0.3) is 11.1 Å². The van der Waals surface area contributed by atoms with Crippen LogP contribution >= 0.6 is 11.8 Å². The fourth-order valence-electron chi connectivity index (χ4n) is 3.42. The summed E-state index contributed by atoms with van der Waals surface area (Å²) in [5.41, 5.74) is 2.09. The zero-order valence-corrected chi connectivity index (χ0v) is 17.0. The van der Waals surface area contributed by atoms with E-state index in [4.69, 9.17) is 4.74 Å². The molecule has 0 bridgehead atoms. The first-order chi connectivity index (χ1) is 14.2. The van der Waals surface area contributed by atoms with Gasteiger partial charge in [0.15, 0.2) is 0 Å². The number of fused-ring (bicyclic) bond motifs is 1. The second-order valence-corrected chi connectivity index (χ2v) is 7.78. The van der Waals surface area contributed by atoms with Gasteiger partial charge in [-0.05, 0) is 42.5 Å². The maximum atomic E-state index is 12.8. The van der Waals surface area contributed by atoms with Crippen molar-refractivity contribution in [2.24, 2.45) is 0 Å². The molecular weight excluding hydrogens is 384 g/mol. The zero-order chi connectivity index (χ0) is 20.2. The van der Waals surface area contributed by atoms with Crippen molar-refractivity contribution < 1.29 is 14.3 Å². The molecule has 0 N–H and O–H groups in total. The molecule has 5 nitrogen and oxygen atoms in total. The van der Waals surface area contributed by atoms with Gasteiger partial charge in [-0.3, -0.25) is 14.5 Å². The second kappa shape index (κ2) is 8.57. The largest absolute Gasteiger partial charge is 0.492 e. The van der Waals surface area contributed by atoms with E-state index in [1.807, 2.05) is 54.6 Å². The van der Waals surface area contributed by atoms with E-state index >= 15 is 0 Å². The van der Waals surface area contributed by atoms with Gasteiger partial charge in [0.1, 0.15) is 12.4 Å². The first kappa shape index (κ1) is 19.3. The van der Waals surface area contributed by atoms with Crippen LogP contribution in [0.25, 0.3) is 17.0 Å². The Morgan fingerprint density at radius 3 is 2.55 bits per heavy atom. The van der Waals surface area contributed by atoms with Crippen LogP contribution in [-0.4, -0.2) is 33.8 Å². The van der Waals surface area contributed by atoms with Crippen molar-refractivity contribution >= 4 is 39.9 Å². The van der Waals surface area contributed by atoms with Crippen molar-refractivity contribution in [1.82, 2.24) is 9.47 Å². The number of aromatic nitrogens is 1. The van der Waals surface area contributed by atoms with E-state index in [2.05, 4.69) is 23.8 Å². The number of carbonyl (C=O) groups excluding carboxylic acids is 2. The highest BCUT2D eigenvalue weighted by atomic mass is 32.2. The third-order valence-corrected chi connectivity index (χ3v) is 5.68. The Balaban J connectivity index is 1.51. The number of carbonyl (C=O) groups is 2. The van der Waals surface area contributed by atoms with Crippen LogP contribution < -0.4 is 4.74 Å². The van der Waals surface area contributed by atoms with Gasteiger partial charge < -0.3 is 9.30 Å². The molecule has 0 aliphatic carbocycles. The van der Waals surface area contributed by atoms with E-state index in [0.717, 1.165) is 46.9 Å². The Hall–Kier alpha value is -2.99. The average Bonchev–Trinajstić information content (AvgIpc) is 3.21. The number of ether oxygens (including phenoxy) is 1. The molecule has 0 atom stereocenters. The molecule has 0 radical (unpaired) electrons. The Morgan fingerprint density at radius 2 is 1.76 bits per heavy atom. The van der Waals surface area contributed by atoms with Crippen molar-refractivity contribution in [2.45, 2.75) is 19.9 Å².